The fraction of sp³-hybridized carbons (Fsp3) is 0.391. The molecule has 2 aromatic carbocycles. The van der Waals surface area contributed by atoms with Gasteiger partial charge in [-0.2, -0.15) is 0 Å². The molecule has 0 atom stereocenters. The van der Waals surface area contributed by atoms with Crippen molar-refractivity contribution in [3.05, 3.63) is 65.7 Å². The van der Waals surface area contributed by atoms with E-state index in [9.17, 15) is 9.18 Å². The predicted molar refractivity (Wildman–Crippen MR) is 111 cm³/mol. The zero-order chi connectivity index (χ0) is 19.9. The Labute approximate surface area is 166 Å². The highest BCUT2D eigenvalue weighted by Gasteiger charge is 2.19. The lowest BCUT2D eigenvalue weighted by molar-refractivity contribution is 0.0734. The molecule has 1 heterocycles. The van der Waals surface area contributed by atoms with Gasteiger partial charge in [0.25, 0.3) is 5.91 Å². The number of carbonyl (C=O) groups excluding carboxylic acids is 1. The van der Waals surface area contributed by atoms with Gasteiger partial charge >= 0.3 is 0 Å². The van der Waals surface area contributed by atoms with Gasteiger partial charge in [-0.05, 0) is 37.1 Å². The van der Waals surface area contributed by atoms with Crippen LogP contribution in [0, 0.1) is 5.82 Å². The predicted octanol–water partition coefficient (Wildman–Crippen LogP) is 5.42. The van der Waals surface area contributed by atoms with Crippen LogP contribution in [0.25, 0.3) is 11.0 Å². The van der Waals surface area contributed by atoms with E-state index in [1.807, 2.05) is 35.2 Å². The topological polar surface area (TPSA) is 38.1 Å². The van der Waals surface area contributed by atoms with Gasteiger partial charge in [0.1, 0.15) is 11.6 Å². The number of amides is 1. The lowest BCUT2D eigenvalue weighted by Crippen LogP contribution is -2.32. The van der Waals surface area contributed by atoms with E-state index in [1.54, 1.807) is 6.07 Å². The minimum atomic E-state index is -0.291. The first-order valence-corrected chi connectivity index (χ1v) is 10.1. The molecule has 0 saturated carbocycles. The zero-order valence-corrected chi connectivity index (χ0v) is 16.7. The molecule has 5 heteroatoms. The van der Waals surface area contributed by atoms with E-state index < -0.39 is 0 Å². The number of halogens is 1. The summed E-state index contributed by atoms with van der Waals surface area (Å²) in [5, 5.41) is 0. The minimum Gasteiger partial charge on any atom is -0.331 e. The second-order valence-electron chi connectivity index (χ2n) is 7.11. The van der Waals surface area contributed by atoms with E-state index in [4.69, 9.17) is 0 Å². The molecule has 0 radical (unpaired) electrons. The van der Waals surface area contributed by atoms with Crippen LogP contribution in [0.1, 0.15) is 55.7 Å². The molecule has 4 nitrogen and oxygen atoms in total. The Balaban J connectivity index is 1.93. The van der Waals surface area contributed by atoms with E-state index in [1.165, 1.54) is 12.1 Å². The van der Waals surface area contributed by atoms with Crippen molar-refractivity contribution < 1.29 is 9.18 Å². The Morgan fingerprint density at radius 2 is 1.86 bits per heavy atom. The SMILES string of the molecule is CCCCCN(Cc1nc2cc(F)ccc2n1CCC)C(=O)c1ccccc1. The summed E-state index contributed by atoms with van der Waals surface area (Å²) in [6, 6.07) is 14.1. The van der Waals surface area contributed by atoms with Gasteiger partial charge in [0, 0.05) is 24.7 Å². The smallest absolute Gasteiger partial charge is 0.254 e. The summed E-state index contributed by atoms with van der Waals surface area (Å²) in [5.74, 6) is 0.529. The summed E-state index contributed by atoms with van der Waals surface area (Å²) in [4.78, 5) is 19.6. The molecule has 0 N–H and O–H groups in total. The molecule has 1 aromatic heterocycles. The number of nitrogens with zero attached hydrogens (tertiary/aromatic N) is 3. The average molecular weight is 381 g/mol. The van der Waals surface area contributed by atoms with Crippen LogP contribution in [0.15, 0.2) is 48.5 Å². The maximum absolute atomic E-state index is 13.7. The highest BCUT2D eigenvalue weighted by molar-refractivity contribution is 5.94. The number of hydrogen-bond donors (Lipinski definition) is 0. The highest BCUT2D eigenvalue weighted by atomic mass is 19.1. The van der Waals surface area contributed by atoms with Gasteiger partial charge in [0.2, 0.25) is 0 Å². The molecule has 0 unspecified atom stereocenters. The maximum atomic E-state index is 13.7. The molecule has 3 rings (SSSR count). The number of aryl methyl sites for hydroxylation is 1. The first-order valence-electron chi connectivity index (χ1n) is 10.1. The lowest BCUT2D eigenvalue weighted by atomic mass is 10.1. The summed E-state index contributed by atoms with van der Waals surface area (Å²) >= 11 is 0. The van der Waals surface area contributed by atoms with E-state index in [0.717, 1.165) is 43.6 Å². The number of fused-ring (bicyclic) bond motifs is 1. The zero-order valence-electron chi connectivity index (χ0n) is 16.7. The van der Waals surface area contributed by atoms with Gasteiger partial charge in [-0.3, -0.25) is 4.79 Å². The summed E-state index contributed by atoms with van der Waals surface area (Å²) in [6.07, 6.45) is 4.08. The molecule has 0 saturated heterocycles. The first-order chi connectivity index (χ1) is 13.6. The quantitative estimate of drug-likeness (QED) is 0.464. The van der Waals surface area contributed by atoms with Gasteiger partial charge in [-0.25, -0.2) is 9.37 Å². The Morgan fingerprint density at radius 3 is 2.57 bits per heavy atom. The minimum absolute atomic E-state index is 0.0120. The van der Waals surface area contributed by atoms with E-state index in [2.05, 4.69) is 23.4 Å². The second kappa shape index (κ2) is 9.49. The number of hydrogen-bond acceptors (Lipinski definition) is 2. The summed E-state index contributed by atoms with van der Waals surface area (Å²) in [5.41, 5.74) is 2.24. The fourth-order valence-corrected chi connectivity index (χ4v) is 3.49. The van der Waals surface area contributed by atoms with Crippen LogP contribution in [0.4, 0.5) is 4.39 Å². The Bertz CT molecular complexity index is 920. The number of rotatable bonds is 9. The number of imidazole rings is 1. The Kier molecular flexibility index (Phi) is 6.80. The van der Waals surface area contributed by atoms with Crippen LogP contribution in [-0.4, -0.2) is 26.9 Å². The molecule has 0 spiro atoms. The number of benzene rings is 2. The lowest BCUT2D eigenvalue weighted by Gasteiger charge is -2.23. The monoisotopic (exact) mass is 381 g/mol. The third kappa shape index (κ3) is 4.58. The molecule has 148 valence electrons. The van der Waals surface area contributed by atoms with Crippen molar-refractivity contribution in [3.63, 3.8) is 0 Å². The van der Waals surface area contributed by atoms with E-state index in [-0.39, 0.29) is 11.7 Å². The van der Waals surface area contributed by atoms with Crippen LogP contribution < -0.4 is 0 Å². The van der Waals surface area contributed by atoms with E-state index in [0.29, 0.717) is 24.2 Å². The molecule has 3 aromatic rings. The van der Waals surface area contributed by atoms with Crippen LogP contribution in [0.3, 0.4) is 0 Å². The van der Waals surface area contributed by atoms with Crippen molar-refractivity contribution in [2.24, 2.45) is 0 Å². The molecule has 0 aliphatic heterocycles. The van der Waals surface area contributed by atoms with Crippen molar-refractivity contribution in [1.29, 1.82) is 0 Å². The highest BCUT2D eigenvalue weighted by Crippen LogP contribution is 2.20. The second-order valence-corrected chi connectivity index (χ2v) is 7.11. The summed E-state index contributed by atoms with van der Waals surface area (Å²) in [6.45, 7) is 6.16. The molecule has 1 amide bonds. The Hall–Kier alpha value is -2.69. The van der Waals surface area contributed by atoms with Crippen LogP contribution in [-0.2, 0) is 13.1 Å². The molecular formula is C23H28FN3O. The van der Waals surface area contributed by atoms with Crippen LogP contribution >= 0.6 is 0 Å². The van der Waals surface area contributed by atoms with Gasteiger partial charge in [-0.1, -0.05) is 44.9 Å². The standard InChI is InChI=1S/C23H28FN3O/c1-3-5-9-15-26(23(28)18-10-7-6-8-11-18)17-22-25-20-16-19(24)12-13-21(20)27(22)14-4-2/h6-8,10-13,16H,3-5,9,14-15,17H2,1-2H3. The molecule has 0 bridgehead atoms. The van der Waals surface area contributed by atoms with Crippen LogP contribution in [0.5, 0.6) is 0 Å². The molecule has 28 heavy (non-hydrogen) atoms. The number of aromatic nitrogens is 2. The Morgan fingerprint density at radius 1 is 1.07 bits per heavy atom. The molecule has 0 fully saturated rings. The third-order valence-electron chi connectivity index (χ3n) is 4.91. The maximum Gasteiger partial charge on any atom is 0.254 e. The van der Waals surface area contributed by atoms with Gasteiger partial charge in [0.15, 0.2) is 0 Å². The summed E-state index contributed by atoms with van der Waals surface area (Å²) in [7, 11) is 0. The largest absolute Gasteiger partial charge is 0.331 e. The summed E-state index contributed by atoms with van der Waals surface area (Å²) < 4.78 is 15.8. The average Bonchev–Trinajstić information content (AvgIpc) is 3.04. The van der Waals surface area contributed by atoms with Crippen molar-refractivity contribution in [2.75, 3.05) is 6.54 Å². The third-order valence-corrected chi connectivity index (χ3v) is 4.91. The van der Waals surface area contributed by atoms with Crippen molar-refractivity contribution in [3.8, 4) is 0 Å². The molecule has 0 aliphatic rings. The molecular weight excluding hydrogens is 353 g/mol. The molecule has 0 aliphatic carbocycles. The van der Waals surface area contributed by atoms with Crippen LogP contribution in [0.2, 0.25) is 0 Å². The van der Waals surface area contributed by atoms with Gasteiger partial charge in [-0.15, -0.1) is 0 Å². The fourth-order valence-electron chi connectivity index (χ4n) is 3.49. The number of unbranched alkanes of at least 4 members (excludes halogenated alkanes) is 2. The van der Waals surface area contributed by atoms with Crippen molar-refractivity contribution in [2.45, 2.75) is 52.6 Å². The van der Waals surface area contributed by atoms with Gasteiger partial charge in [0.05, 0.1) is 17.6 Å². The van der Waals surface area contributed by atoms with Crippen molar-refractivity contribution >= 4 is 16.9 Å². The number of carbonyl (C=O) groups is 1. The normalized spacial score (nSPS) is 11.1. The van der Waals surface area contributed by atoms with E-state index >= 15 is 0 Å². The first kappa shape index (κ1) is 20.1. The van der Waals surface area contributed by atoms with Crippen molar-refractivity contribution in [1.82, 2.24) is 14.5 Å². The van der Waals surface area contributed by atoms with Gasteiger partial charge < -0.3 is 9.47 Å².